The first kappa shape index (κ1) is 18.2. The number of nitrogens with one attached hydrogen (secondary N) is 2. The number of alkyl halides is 2. The Bertz CT molecular complexity index is 1070. The number of benzene rings is 1. The summed E-state index contributed by atoms with van der Waals surface area (Å²) >= 11 is 0. The molecule has 2 aliphatic rings. The summed E-state index contributed by atoms with van der Waals surface area (Å²) in [5, 5.41) is 11.8. The molecule has 1 aromatic carbocycles. The summed E-state index contributed by atoms with van der Waals surface area (Å²) in [7, 11) is 0. The van der Waals surface area contributed by atoms with E-state index < -0.39 is 5.92 Å². The van der Waals surface area contributed by atoms with Crippen molar-refractivity contribution in [2.24, 2.45) is 4.99 Å². The molecular formula is C21H22F2N6. The Labute approximate surface area is 167 Å². The quantitative estimate of drug-likeness (QED) is 0.711. The van der Waals surface area contributed by atoms with Crippen LogP contribution in [0.5, 0.6) is 0 Å². The normalized spacial score (nSPS) is 19.3. The molecule has 1 saturated heterocycles. The van der Waals surface area contributed by atoms with Gasteiger partial charge in [0.05, 0.1) is 12.1 Å². The number of aromatic nitrogens is 3. The second-order valence-electron chi connectivity index (χ2n) is 7.74. The molecule has 0 unspecified atom stereocenters. The highest BCUT2D eigenvalue weighted by atomic mass is 19.3. The van der Waals surface area contributed by atoms with Gasteiger partial charge in [-0.25, -0.2) is 8.78 Å². The third-order valence-corrected chi connectivity index (χ3v) is 5.47. The maximum Gasteiger partial charge on any atom is 0.261 e. The summed E-state index contributed by atoms with van der Waals surface area (Å²) in [6, 6.07) is 8.13. The van der Waals surface area contributed by atoms with E-state index >= 15 is 0 Å². The molecule has 0 aliphatic carbocycles. The van der Waals surface area contributed by atoms with Crippen LogP contribution in [0, 0.1) is 0 Å². The molecule has 0 bridgehead atoms. The van der Waals surface area contributed by atoms with Gasteiger partial charge in [-0.15, -0.1) is 0 Å². The lowest BCUT2D eigenvalue weighted by atomic mass is 10.0. The van der Waals surface area contributed by atoms with Gasteiger partial charge < -0.3 is 5.32 Å². The van der Waals surface area contributed by atoms with Gasteiger partial charge in [-0.05, 0) is 35.7 Å². The monoisotopic (exact) mass is 396 g/mol. The third kappa shape index (κ3) is 3.72. The lowest BCUT2D eigenvalue weighted by molar-refractivity contribution is 0.0115. The number of nitrogens with zero attached hydrogens (tertiary/aromatic N) is 4. The van der Waals surface area contributed by atoms with E-state index in [0.717, 1.165) is 58.6 Å². The van der Waals surface area contributed by atoms with Gasteiger partial charge in [-0.3, -0.25) is 20.0 Å². The Morgan fingerprint density at radius 2 is 2.07 bits per heavy atom. The van der Waals surface area contributed by atoms with E-state index in [1.54, 1.807) is 17.3 Å². The van der Waals surface area contributed by atoms with Gasteiger partial charge in [0.1, 0.15) is 11.5 Å². The molecule has 29 heavy (non-hydrogen) atoms. The fraction of sp³-hybridized carbons (Fsp3) is 0.381. The van der Waals surface area contributed by atoms with Crippen LogP contribution in [-0.2, 0) is 6.54 Å². The predicted octanol–water partition coefficient (Wildman–Crippen LogP) is 3.21. The van der Waals surface area contributed by atoms with Crippen molar-refractivity contribution in [1.82, 2.24) is 25.4 Å². The van der Waals surface area contributed by atoms with Crippen molar-refractivity contribution in [3.05, 3.63) is 47.9 Å². The number of fused-ring (bicyclic) bond motifs is 1. The largest absolute Gasteiger partial charge is 0.368 e. The average molecular weight is 396 g/mol. The van der Waals surface area contributed by atoms with Crippen LogP contribution in [0.1, 0.15) is 24.1 Å². The predicted molar refractivity (Wildman–Crippen MR) is 108 cm³/mol. The SMILES string of the molecule is FC1(F)CCN(Cc2cncc(-c3ccc4[nH]nc(C5=NCCCN5)c4c3)c2)C1. The molecule has 150 valence electrons. The first-order valence-corrected chi connectivity index (χ1v) is 9.89. The topological polar surface area (TPSA) is 69.2 Å². The van der Waals surface area contributed by atoms with Gasteiger partial charge in [0.15, 0.2) is 0 Å². The van der Waals surface area contributed by atoms with Crippen molar-refractivity contribution in [1.29, 1.82) is 0 Å². The van der Waals surface area contributed by atoms with Gasteiger partial charge in [-0.2, -0.15) is 5.10 Å². The number of halogens is 2. The van der Waals surface area contributed by atoms with Crippen LogP contribution in [0.2, 0.25) is 0 Å². The number of likely N-dealkylation sites (tertiary alicyclic amines) is 1. The summed E-state index contributed by atoms with van der Waals surface area (Å²) in [6.07, 6.45) is 4.51. The van der Waals surface area contributed by atoms with Crippen molar-refractivity contribution < 1.29 is 8.78 Å². The van der Waals surface area contributed by atoms with Crippen molar-refractivity contribution in [3.8, 4) is 11.1 Å². The minimum Gasteiger partial charge on any atom is -0.368 e. The molecule has 2 aliphatic heterocycles. The van der Waals surface area contributed by atoms with Crippen molar-refractivity contribution in [3.63, 3.8) is 0 Å². The number of aromatic amines is 1. The number of H-pyrrole nitrogens is 1. The Hall–Kier alpha value is -2.87. The molecule has 2 N–H and O–H groups in total. The summed E-state index contributed by atoms with van der Waals surface area (Å²) in [4.78, 5) is 10.7. The second kappa shape index (κ2) is 7.18. The third-order valence-electron chi connectivity index (χ3n) is 5.47. The molecule has 0 radical (unpaired) electrons. The summed E-state index contributed by atoms with van der Waals surface area (Å²) < 4.78 is 26.9. The van der Waals surface area contributed by atoms with Crippen LogP contribution < -0.4 is 5.32 Å². The van der Waals surface area contributed by atoms with E-state index in [0.29, 0.717) is 13.1 Å². The van der Waals surface area contributed by atoms with Crippen LogP contribution in [0.15, 0.2) is 41.7 Å². The zero-order valence-electron chi connectivity index (χ0n) is 16.0. The Kier molecular flexibility index (Phi) is 4.50. The van der Waals surface area contributed by atoms with Crippen LogP contribution in [0.4, 0.5) is 8.78 Å². The molecule has 8 heteroatoms. The van der Waals surface area contributed by atoms with Crippen LogP contribution in [-0.4, -0.2) is 58.0 Å². The molecule has 5 rings (SSSR count). The number of aliphatic imine (C=N–C) groups is 1. The number of amidine groups is 1. The maximum absolute atomic E-state index is 13.5. The number of rotatable bonds is 4. The molecule has 1 fully saturated rings. The van der Waals surface area contributed by atoms with Crippen molar-refractivity contribution in [2.75, 3.05) is 26.2 Å². The van der Waals surface area contributed by atoms with Crippen LogP contribution in [0.25, 0.3) is 22.0 Å². The van der Waals surface area contributed by atoms with E-state index in [2.05, 4.69) is 31.6 Å². The first-order valence-electron chi connectivity index (χ1n) is 9.89. The Morgan fingerprint density at radius 1 is 1.14 bits per heavy atom. The Balaban J connectivity index is 1.44. The summed E-state index contributed by atoms with van der Waals surface area (Å²) in [5.74, 6) is -1.76. The van der Waals surface area contributed by atoms with E-state index in [1.807, 2.05) is 18.2 Å². The lowest BCUT2D eigenvalue weighted by Gasteiger charge is -2.16. The van der Waals surface area contributed by atoms with Crippen molar-refractivity contribution in [2.45, 2.75) is 25.3 Å². The molecule has 0 atom stereocenters. The van der Waals surface area contributed by atoms with Gasteiger partial charge >= 0.3 is 0 Å². The number of hydrogen-bond acceptors (Lipinski definition) is 5. The fourth-order valence-corrected chi connectivity index (χ4v) is 4.00. The molecule has 6 nitrogen and oxygen atoms in total. The first-order chi connectivity index (χ1) is 14.1. The van der Waals surface area contributed by atoms with Crippen LogP contribution >= 0.6 is 0 Å². The lowest BCUT2D eigenvalue weighted by Crippen LogP contribution is -2.30. The fourth-order valence-electron chi connectivity index (χ4n) is 4.00. The van der Waals surface area contributed by atoms with Crippen LogP contribution in [0.3, 0.4) is 0 Å². The molecular weight excluding hydrogens is 374 g/mol. The van der Waals surface area contributed by atoms with Gasteiger partial charge in [-0.1, -0.05) is 6.07 Å². The zero-order valence-corrected chi connectivity index (χ0v) is 16.0. The molecule has 0 spiro atoms. The van der Waals surface area contributed by atoms with Gasteiger partial charge in [0.2, 0.25) is 0 Å². The average Bonchev–Trinajstić information content (AvgIpc) is 3.31. The molecule has 0 amide bonds. The number of hydrogen-bond donors (Lipinski definition) is 2. The van der Waals surface area contributed by atoms with Gasteiger partial charge in [0.25, 0.3) is 5.92 Å². The highest BCUT2D eigenvalue weighted by Gasteiger charge is 2.37. The second-order valence-corrected chi connectivity index (χ2v) is 7.74. The van der Waals surface area contributed by atoms with E-state index in [-0.39, 0.29) is 13.0 Å². The Morgan fingerprint density at radius 3 is 2.86 bits per heavy atom. The highest BCUT2D eigenvalue weighted by molar-refractivity contribution is 6.08. The smallest absolute Gasteiger partial charge is 0.261 e. The van der Waals surface area contributed by atoms with E-state index in [4.69, 9.17) is 0 Å². The molecule has 2 aromatic heterocycles. The molecule has 4 heterocycles. The van der Waals surface area contributed by atoms with Gasteiger partial charge in [0, 0.05) is 55.9 Å². The van der Waals surface area contributed by atoms with Crippen molar-refractivity contribution >= 4 is 16.7 Å². The standard InChI is InChI=1S/C21H22F2N6/c22-21(23)4-7-29(13-21)12-14-8-16(11-24-10-14)15-2-3-18-17(9-15)19(28-27-18)20-25-5-1-6-26-20/h2-3,8-11H,1,4-7,12-13H2,(H,25,26)(H,27,28). The van der Waals surface area contributed by atoms with E-state index in [1.165, 1.54) is 0 Å². The minimum absolute atomic E-state index is 0.0715. The minimum atomic E-state index is -2.58. The number of pyridine rings is 1. The zero-order chi connectivity index (χ0) is 19.8. The maximum atomic E-state index is 13.5. The summed E-state index contributed by atoms with van der Waals surface area (Å²) in [5.41, 5.74) is 4.68. The highest BCUT2D eigenvalue weighted by Crippen LogP contribution is 2.29. The summed E-state index contributed by atoms with van der Waals surface area (Å²) in [6.45, 7) is 2.41. The molecule has 0 saturated carbocycles. The van der Waals surface area contributed by atoms with E-state index in [9.17, 15) is 8.78 Å². The molecule has 3 aromatic rings.